The average molecular weight is 417 g/mol. The summed E-state index contributed by atoms with van der Waals surface area (Å²) < 4.78 is 0. The predicted octanol–water partition coefficient (Wildman–Crippen LogP) is 8.24. The Morgan fingerprint density at radius 2 is 1.38 bits per heavy atom. The predicted molar refractivity (Wildman–Crippen MR) is 135 cm³/mol. The van der Waals surface area contributed by atoms with E-state index in [-0.39, 0.29) is 0 Å². The van der Waals surface area contributed by atoms with Crippen LogP contribution in [-0.2, 0) is 6.42 Å². The van der Waals surface area contributed by atoms with Crippen molar-refractivity contribution in [3.63, 3.8) is 0 Å². The summed E-state index contributed by atoms with van der Waals surface area (Å²) in [5.74, 6) is 0.554. The fourth-order valence-electron chi connectivity index (χ4n) is 5.14. The lowest BCUT2D eigenvalue weighted by Crippen LogP contribution is -2.19. The van der Waals surface area contributed by atoms with E-state index in [1.54, 1.807) is 33.4 Å². The molecule has 0 saturated heterocycles. The summed E-state index contributed by atoms with van der Waals surface area (Å²) in [6.45, 7) is 15.0. The Kier molecular flexibility index (Phi) is 5.37. The Labute approximate surface area is 179 Å². The van der Waals surface area contributed by atoms with Crippen molar-refractivity contribution in [3.05, 3.63) is 82.4 Å². The largest absolute Gasteiger partial charge is 0.0731 e. The molecule has 2 aliphatic carbocycles. The SMILES string of the molecule is C[Si](C)(C)CC1=CC(CC2=C(C[Si](C)(C)C)c3ccccc3C2)c2ccccc21. The first-order chi connectivity index (χ1) is 13.6. The summed E-state index contributed by atoms with van der Waals surface area (Å²) in [6.07, 6.45) is 4.98. The van der Waals surface area contributed by atoms with Crippen molar-refractivity contribution < 1.29 is 0 Å². The smallest absolute Gasteiger partial charge is 0.0487 e. The Balaban J connectivity index is 1.69. The van der Waals surface area contributed by atoms with Gasteiger partial charge < -0.3 is 0 Å². The molecule has 1 unspecified atom stereocenters. The molecule has 152 valence electrons. The van der Waals surface area contributed by atoms with Gasteiger partial charge in [0.1, 0.15) is 0 Å². The molecule has 0 heterocycles. The van der Waals surface area contributed by atoms with E-state index in [1.165, 1.54) is 24.1 Å². The highest BCUT2D eigenvalue weighted by Gasteiger charge is 2.31. The van der Waals surface area contributed by atoms with Crippen molar-refractivity contribution in [1.82, 2.24) is 0 Å². The van der Waals surface area contributed by atoms with Gasteiger partial charge in [-0.2, -0.15) is 0 Å². The molecule has 29 heavy (non-hydrogen) atoms. The van der Waals surface area contributed by atoms with E-state index < -0.39 is 16.1 Å². The molecule has 0 fully saturated rings. The lowest BCUT2D eigenvalue weighted by molar-refractivity contribution is 0.822. The fraction of sp³-hybridized carbons (Fsp3) is 0.407. The minimum absolute atomic E-state index is 0.554. The molecule has 2 heteroatoms. The first kappa shape index (κ1) is 20.6. The number of hydrogen-bond donors (Lipinski definition) is 0. The van der Waals surface area contributed by atoms with Crippen LogP contribution in [0.4, 0.5) is 0 Å². The fourth-order valence-corrected chi connectivity index (χ4v) is 8.09. The molecule has 0 saturated carbocycles. The third kappa shape index (κ3) is 4.59. The second-order valence-electron chi connectivity index (χ2n) is 11.5. The monoisotopic (exact) mass is 416 g/mol. The van der Waals surface area contributed by atoms with Crippen LogP contribution < -0.4 is 0 Å². The van der Waals surface area contributed by atoms with Gasteiger partial charge >= 0.3 is 0 Å². The Bertz CT molecular complexity index is 980. The van der Waals surface area contributed by atoms with Crippen molar-refractivity contribution >= 4 is 27.3 Å². The molecule has 0 amide bonds. The van der Waals surface area contributed by atoms with Gasteiger partial charge in [0.05, 0.1) is 0 Å². The molecule has 0 N–H and O–H groups in total. The summed E-state index contributed by atoms with van der Waals surface area (Å²) in [6, 6.07) is 21.0. The van der Waals surface area contributed by atoms with E-state index in [4.69, 9.17) is 0 Å². The van der Waals surface area contributed by atoms with Gasteiger partial charge in [0.2, 0.25) is 0 Å². The van der Waals surface area contributed by atoms with Crippen LogP contribution in [0.3, 0.4) is 0 Å². The van der Waals surface area contributed by atoms with E-state index in [9.17, 15) is 0 Å². The van der Waals surface area contributed by atoms with Crippen LogP contribution >= 0.6 is 0 Å². The highest BCUT2D eigenvalue weighted by Crippen LogP contribution is 2.46. The number of benzene rings is 2. The molecular weight excluding hydrogens is 380 g/mol. The van der Waals surface area contributed by atoms with E-state index in [1.807, 2.05) is 0 Å². The van der Waals surface area contributed by atoms with Crippen LogP contribution in [0.1, 0.15) is 34.6 Å². The molecular formula is C27H36Si2. The third-order valence-electron chi connectivity index (χ3n) is 6.18. The summed E-state index contributed by atoms with van der Waals surface area (Å²) >= 11 is 0. The normalized spacial score (nSPS) is 18.7. The summed E-state index contributed by atoms with van der Waals surface area (Å²) in [5.41, 5.74) is 11.2. The standard InChI is InChI=1S/C27H36Si2/c1-28(2,3)18-23-17-21(25-13-9-10-14-26(23)25)16-22-15-20-11-7-8-12-24(20)27(22)19-29(4,5)6/h7-14,17,21H,15-16,18-19H2,1-6H3. The maximum atomic E-state index is 2.63. The zero-order valence-electron chi connectivity index (χ0n) is 19.1. The van der Waals surface area contributed by atoms with Gasteiger partial charge in [0, 0.05) is 22.1 Å². The van der Waals surface area contributed by atoms with Crippen LogP contribution in [0.2, 0.25) is 51.4 Å². The Hall–Kier alpha value is -1.65. The first-order valence-electron chi connectivity index (χ1n) is 11.2. The topological polar surface area (TPSA) is 0 Å². The van der Waals surface area contributed by atoms with Gasteiger partial charge in [0.25, 0.3) is 0 Å². The number of fused-ring (bicyclic) bond motifs is 2. The Morgan fingerprint density at radius 3 is 2.07 bits per heavy atom. The molecule has 0 spiro atoms. The summed E-state index contributed by atoms with van der Waals surface area (Å²) in [4.78, 5) is 0. The van der Waals surface area contributed by atoms with Gasteiger partial charge in [-0.15, -0.1) is 0 Å². The molecule has 0 aromatic heterocycles. The molecule has 0 aliphatic heterocycles. The molecule has 2 aromatic rings. The minimum Gasteiger partial charge on any atom is -0.0731 e. The van der Waals surface area contributed by atoms with Crippen molar-refractivity contribution in [2.45, 2.75) is 70.1 Å². The summed E-state index contributed by atoms with van der Waals surface area (Å²) in [7, 11) is -2.31. The second-order valence-corrected chi connectivity index (χ2v) is 22.4. The van der Waals surface area contributed by atoms with Gasteiger partial charge in [0.15, 0.2) is 0 Å². The van der Waals surface area contributed by atoms with Gasteiger partial charge in [-0.05, 0) is 58.3 Å². The zero-order valence-corrected chi connectivity index (χ0v) is 21.1. The van der Waals surface area contributed by atoms with Crippen molar-refractivity contribution in [2.24, 2.45) is 0 Å². The van der Waals surface area contributed by atoms with Crippen LogP contribution in [0, 0.1) is 0 Å². The third-order valence-corrected chi connectivity index (χ3v) is 9.03. The maximum absolute atomic E-state index is 2.63. The lowest BCUT2D eigenvalue weighted by atomic mass is 9.91. The highest BCUT2D eigenvalue weighted by molar-refractivity contribution is 6.78. The van der Waals surface area contributed by atoms with E-state index >= 15 is 0 Å². The maximum Gasteiger partial charge on any atom is 0.0487 e. The number of hydrogen-bond acceptors (Lipinski definition) is 0. The lowest BCUT2D eigenvalue weighted by Gasteiger charge is -2.20. The van der Waals surface area contributed by atoms with E-state index in [0.29, 0.717) is 5.92 Å². The summed E-state index contributed by atoms with van der Waals surface area (Å²) in [5, 5.41) is 0. The van der Waals surface area contributed by atoms with Crippen LogP contribution in [0.5, 0.6) is 0 Å². The first-order valence-corrected chi connectivity index (χ1v) is 18.6. The minimum atomic E-state index is -1.17. The van der Waals surface area contributed by atoms with Crippen molar-refractivity contribution in [3.8, 4) is 0 Å². The van der Waals surface area contributed by atoms with Gasteiger partial charge in [-0.25, -0.2) is 0 Å². The number of rotatable bonds is 6. The Morgan fingerprint density at radius 1 is 0.759 bits per heavy atom. The van der Waals surface area contributed by atoms with Crippen molar-refractivity contribution in [1.29, 1.82) is 0 Å². The molecule has 0 nitrogen and oxygen atoms in total. The highest BCUT2D eigenvalue weighted by atomic mass is 28.3. The van der Waals surface area contributed by atoms with E-state index in [0.717, 1.165) is 6.42 Å². The molecule has 1 atom stereocenters. The van der Waals surface area contributed by atoms with Crippen LogP contribution in [0.15, 0.2) is 60.2 Å². The molecule has 2 aliphatic rings. The second kappa shape index (κ2) is 7.55. The average Bonchev–Trinajstić information content (AvgIpc) is 3.12. The zero-order chi connectivity index (χ0) is 20.8. The quantitative estimate of drug-likeness (QED) is 0.416. The molecule has 0 bridgehead atoms. The van der Waals surface area contributed by atoms with Gasteiger partial charge in [-0.3, -0.25) is 0 Å². The van der Waals surface area contributed by atoms with Crippen molar-refractivity contribution in [2.75, 3.05) is 0 Å². The van der Waals surface area contributed by atoms with Crippen LogP contribution in [0.25, 0.3) is 11.1 Å². The molecule has 4 rings (SSSR count). The molecule has 2 aromatic carbocycles. The van der Waals surface area contributed by atoms with Crippen LogP contribution in [-0.4, -0.2) is 16.1 Å². The molecule has 0 radical (unpaired) electrons. The van der Waals surface area contributed by atoms with E-state index in [2.05, 4.69) is 93.9 Å². The number of allylic oxidation sites excluding steroid dienone is 4. The van der Waals surface area contributed by atoms with Gasteiger partial charge in [-0.1, -0.05) is 99.5 Å².